The molecule has 1 saturated carbocycles. The molecule has 0 aliphatic heterocycles. The molecule has 1 nitrogen and oxygen atoms in total. The molecule has 0 spiro atoms. The fraction of sp³-hybridized carbons (Fsp3) is 0.778. The monoisotopic (exact) mass is 138 g/mol. The van der Waals surface area contributed by atoms with Gasteiger partial charge in [0.05, 0.1) is 11.7 Å². The van der Waals surface area contributed by atoms with Crippen molar-refractivity contribution in [1.82, 2.24) is 0 Å². The summed E-state index contributed by atoms with van der Waals surface area (Å²) in [5.74, 6) is 3.07. The second kappa shape index (κ2) is 2.29. The van der Waals surface area contributed by atoms with Crippen LogP contribution in [0.2, 0.25) is 0 Å². The molecule has 1 aliphatic rings. The molecule has 0 radical (unpaired) electrons. The molecule has 2 atom stereocenters. The van der Waals surface area contributed by atoms with E-state index in [1.807, 2.05) is 0 Å². The Kier molecular flexibility index (Phi) is 1.74. The van der Waals surface area contributed by atoms with Crippen molar-refractivity contribution in [2.75, 3.05) is 0 Å². The molecule has 0 N–H and O–H groups in total. The zero-order chi connectivity index (χ0) is 7.78. The van der Waals surface area contributed by atoms with E-state index in [1.165, 1.54) is 0 Å². The summed E-state index contributed by atoms with van der Waals surface area (Å²) in [7, 11) is 0. The zero-order valence-corrected chi connectivity index (χ0v) is 6.85. The molecule has 0 aromatic carbocycles. The second-order valence-corrected chi connectivity index (χ2v) is 3.78. The van der Waals surface area contributed by atoms with E-state index >= 15 is 0 Å². The lowest BCUT2D eigenvalue weighted by Gasteiger charge is -2.18. The van der Waals surface area contributed by atoms with Gasteiger partial charge in [0.1, 0.15) is 0 Å². The molecule has 0 aromatic heterocycles. The van der Waals surface area contributed by atoms with Gasteiger partial charge in [-0.2, -0.15) is 0 Å². The Labute approximate surface area is 62.8 Å². The van der Waals surface area contributed by atoms with E-state index in [9.17, 15) is 0 Å². The predicted molar refractivity (Wildman–Crippen MR) is 41.6 cm³/mol. The maximum atomic E-state index is 5.61. The first-order chi connectivity index (χ1) is 4.53. The Morgan fingerprint density at radius 3 is 2.40 bits per heavy atom. The van der Waals surface area contributed by atoms with Crippen LogP contribution in [0.25, 0.3) is 0 Å². The van der Waals surface area contributed by atoms with Crippen molar-refractivity contribution in [1.29, 1.82) is 0 Å². The van der Waals surface area contributed by atoms with Gasteiger partial charge in [-0.25, -0.2) is 0 Å². The van der Waals surface area contributed by atoms with Gasteiger partial charge in [-0.15, -0.1) is 12.3 Å². The van der Waals surface area contributed by atoms with Gasteiger partial charge in [-0.1, -0.05) is 0 Å². The Hall–Kier alpha value is -0.480. The molecular formula is C9H14O. The molecular weight excluding hydrogens is 124 g/mol. The van der Waals surface area contributed by atoms with Crippen molar-refractivity contribution >= 4 is 0 Å². The second-order valence-electron chi connectivity index (χ2n) is 3.78. The largest absolute Gasteiger partial charge is 0.371 e. The molecule has 0 amide bonds. The lowest BCUT2D eigenvalue weighted by Crippen LogP contribution is -2.20. The van der Waals surface area contributed by atoms with Gasteiger partial charge in [-0.3, -0.25) is 0 Å². The van der Waals surface area contributed by atoms with E-state index in [2.05, 4.69) is 26.7 Å². The van der Waals surface area contributed by atoms with E-state index in [0.717, 1.165) is 6.42 Å². The van der Waals surface area contributed by atoms with Gasteiger partial charge in [0.25, 0.3) is 0 Å². The Balaban J connectivity index is 2.26. The van der Waals surface area contributed by atoms with Crippen molar-refractivity contribution in [2.24, 2.45) is 5.92 Å². The maximum Gasteiger partial charge on any atom is 0.0733 e. The molecule has 1 rings (SSSR count). The number of terminal acetylenes is 1. The SMILES string of the molecule is C#CC1CC1OC(C)(C)C. The van der Waals surface area contributed by atoms with Crippen LogP contribution in [0.4, 0.5) is 0 Å². The molecule has 1 fully saturated rings. The third-order valence-corrected chi connectivity index (χ3v) is 1.45. The van der Waals surface area contributed by atoms with Crippen molar-refractivity contribution in [3.63, 3.8) is 0 Å². The minimum atomic E-state index is -0.0315. The summed E-state index contributed by atoms with van der Waals surface area (Å²) in [6.07, 6.45) is 6.60. The van der Waals surface area contributed by atoms with Crippen LogP contribution in [0, 0.1) is 18.3 Å². The standard InChI is InChI=1S/C9H14O/c1-5-7-6-8(7)10-9(2,3)4/h1,7-8H,6H2,2-4H3. The van der Waals surface area contributed by atoms with E-state index < -0.39 is 0 Å². The van der Waals surface area contributed by atoms with Crippen molar-refractivity contribution < 1.29 is 4.74 Å². The molecule has 0 aromatic rings. The molecule has 0 bridgehead atoms. The van der Waals surface area contributed by atoms with Crippen LogP contribution < -0.4 is 0 Å². The van der Waals surface area contributed by atoms with Gasteiger partial charge < -0.3 is 4.74 Å². The first kappa shape index (κ1) is 7.63. The predicted octanol–water partition coefficient (Wildman–Crippen LogP) is 1.82. The fourth-order valence-corrected chi connectivity index (χ4v) is 0.931. The highest BCUT2D eigenvalue weighted by atomic mass is 16.5. The number of rotatable bonds is 1. The van der Waals surface area contributed by atoms with Crippen LogP contribution in [0.3, 0.4) is 0 Å². The summed E-state index contributed by atoms with van der Waals surface area (Å²) >= 11 is 0. The van der Waals surface area contributed by atoms with Crippen molar-refractivity contribution in [2.45, 2.75) is 38.9 Å². The summed E-state index contributed by atoms with van der Waals surface area (Å²) in [4.78, 5) is 0. The summed E-state index contributed by atoms with van der Waals surface area (Å²) in [5, 5.41) is 0. The minimum Gasteiger partial charge on any atom is -0.371 e. The Morgan fingerprint density at radius 1 is 1.50 bits per heavy atom. The lowest BCUT2D eigenvalue weighted by atomic mass is 10.2. The highest BCUT2D eigenvalue weighted by Crippen LogP contribution is 2.35. The summed E-state index contributed by atoms with van der Waals surface area (Å²) in [6, 6.07) is 0. The summed E-state index contributed by atoms with van der Waals surface area (Å²) < 4.78 is 5.61. The van der Waals surface area contributed by atoms with Crippen LogP contribution in [0.15, 0.2) is 0 Å². The average Bonchev–Trinajstić information content (AvgIpc) is 2.42. The quantitative estimate of drug-likeness (QED) is 0.502. The van der Waals surface area contributed by atoms with E-state index in [-0.39, 0.29) is 5.60 Å². The van der Waals surface area contributed by atoms with E-state index in [4.69, 9.17) is 11.2 Å². The molecule has 0 saturated heterocycles. The summed E-state index contributed by atoms with van der Waals surface area (Å²) in [6.45, 7) is 6.16. The Morgan fingerprint density at radius 2 is 2.10 bits per heavy atom. The van der Waals surface area contributed by atoms with Gasteiger partial charge in [0.2, 0.25) is 0 Å². The topological polar surface area (TPSA) is 9.23 Å². The van der Waals surface area contributed by atoms with Gasteiger partial charge in [0, 0.05) is 5.92 Å². The molecule has 1 heteroatoms. The molecule has 0 heterocycles. The van der Waals surface area contributed by atoms with Crippen LogP contribution >= 0.6 is 0 Å². The third kappa shape index (κ3) is 2.04. The van der Waals surface area contributed by atoms with Crippen LogP contribution in [0.1, 0.15) is 27.2 Å². The molecule has 1 aliphatic carbocycles. The lowest BCUT2D eigenvalue weighted by molar-refractivity contribution is -0.0187. The van der Waals surface area contributed by atoms with Gasteiger partial charge >= 0.3 is 0 Å². The summed E-state index contributed by atoms with van der Waals surface area (Å²) in [5.41, 5.74) is -0.0315. The zero-order valence-electron chi connectivity index (χ0n) is 6.85. The maximum absolute atomic E-state index is 5.61. The first-order valence-electron chi connectivity index (χ1n) is 3.67. The van der Waals surface area contributed by atoms with Crippen molar-refractivity contribution in [3.05, 3.63) is 0 Å². The first-order valence-corrected chi connectivity index (χ1v) is 3.67. The average molecular weight is 138 g/mol. The van der Waals surface area contributed by atoms with E-state index in [0.29, 0.717) is 12.0 Å². The Bertz CT molecular complexity index is 159. The third-order valence-electron chi connectivity index (χ3n) is 1.45. The van der Waals surface area contributed by atoms with Crippen molar-refractivity contribution in [3.8, 4) is 12.3 Å². The van der Waals surface area contributed by atoms with Gasteiger partial charge in [0.15, 0.2) is 0 Å². The normalized spacial score (nSPS) is 31.4. The minimum absolute atomic E-state index is 0.0315. The van der Waals surface area contributed by atoms with Crippen LogP contribution in [-0.4, -0.2) is 11.7 Å². The highest BCUT2D eigenvalue weighted by molar-refractivity contribution is 5.09. The van der Waals surface area contributed by atoms with Crippen LogP contribution in [-0.2, 0) is 4.74 Å². The number of hydrogen-bond acceptors (Lipinski definition) is 1. The van der Waals surface area contributed by atoms with Gasteiger partial charge in [-0.05, 0) is 27.2 Å². The molecule has 10 heavy (non-hydrogen) atoms. The fourth-order valence-electron chi connectivity index (χ4n) is 0.931. The smallest absolute Gasteiger partial charge is 0.0733 e. The number of hydrogen-bond donors (Lipinski definition) is 0. The molecule has 2 unspecified atom stereocenters. The van der Waals surface area contributed by atoms with E-state index in [1.54, 1.807) is 0 Å². The molecule has 56 valence electrons. The van der Waals surface area contributed by atoms with Crippen LogP contribution in [0.5, 0.6) is 0 Å². The highest BCUT2D eigenvalue weighted by Gasteiger charge is 2.39. The number of ether oxygens (including phenoxy) is 1.